The number of quaternary nitrogens is 1. The largest absolute Gasteiger partial charge is 0.472 e. The number of carbonyl (C=O) groups excluding carboxylic acids is 2. The summed E-state index contributed by atoms with van der Waals surface area (Å²) in [4.78, 5) is 35.9. The van der Waals surface area contributed by atoms with Crippen molar-refractivity contribution in [2.75, 3.05) is 47.5 Å². The van der Waals surface area contributed by atoms with Gasteiger partial charge in [0.25, 0.3) is 0 Å². The van der Waals surface area contributed by atoms with E-state index in [9.17, 15) is 19.0 Å². The second-order valence-corrected chi connectivity index (χ2v) is 28.5. The number of phosphoric acid groups is 1. The van der Waals surface area contributed by atoms with Crippen molar-refractivity contribution in [3.05, 3.63) is 48.6 Å². The molecule has 0 aromatic rings. The monoisotopic (exact) mass is 1250 g/mol. The Labute approximate surface area is 541 Å². The summed E-state index contributed by atoms with van der Waals surface area (Å²) in [5.41, 5.74) is 0. The maximum Gasteiger partial charge on any atom is 0.472 e. The van der Waals surface area contributed by atoms with Crippen LogP contribution in [0.3, 0.4) is 0 Å². The van der Waals surface area contributed by atoms with Gasteiger partial charge in [0.2, 0.25) is 0 Å². The highest BCUT2D eigenvalue weighted by Crippen LogP contribution is 2.43. The number of hydrogen-bond donors (Lipinski definition) is 1. The number of ether oxygens (including phenoxy) is 2. The summed E-state index contributed by atoms with van der Waals surface area (Å²) in [7, 11) is 1.49. The standard InChI is InChI=1S/C77H146NO8P/c1-6-8-10-12-14-16-18-20-22-24-26-28-30-31-32-33-34-35-36-37-38-39-40-41-42-43-44-45-46-48-49-51-53-55-57-59-61-63-65-67-69-76(79)83-73-75(74-85-87(81,82)84-72-71-78(3,4)5)86-77(80)70-68-66-64-62-60-58-56-54-52-50-47-29-27-25-23-21-19-17-15-13-11-9-7-2/h9,11,15,17,21,23,27,29,75H,6-8,10,12-14,16,18-20,22,24-26,28,30-74H2,1-5H3/p+1/b11-9-,17-15-,23-21-,29-27-. The third-order valence-corrected chi connectivity index (χ3v) is 18.1. The average Bonchev–Trinajstić information content (AvgIpc) is 3.68. The molecular weight excluding hydrogens is 1100 g/mol. The maximum absolute atomic E-state index is 12.9. The highest BCUT2D eigenvalue weighted by atomic mass is 31.2. The number of rotatable bonds is 71. The van der Waals surface area contributed by atoms with Crippen molar-refractivity contribution in [1.82, 2.24) is 0 Å². The van der Waals surface area contributed by atoms with Gasteiger partial charge < -0.3 is 18.9 Å². The van der Waals surface area contributed by atoms with E-state index in [4.69, 9.17) is 18.5 Å². The zero-order chi connectivity index (χ0) is 63.4. The Kier molecular flexibility index (Phi) is 66.7. The molecule has 0 aromatic heterocycles. The minimum Gasteiger partial charge on any atom is -0.462 e. The molecule has 0 saturated heterocycles. The molecule has 0 aliphatic rings. The van der Waals surface area contributed by atoms with Crippen LogP contribution >= 0.6 is 7.82 Å². The number of unbranched alkanes of at least 4 members (excludes halogenated alkanes) is 49. The highest BCUT2D eigenvalue weighted by molar-refractivity contribution is 7.47. The SMILES string of the molecule is CC/C=C\C/C=C\C/C=C\C/C=C\CCCCCCCCCCCCC(=O)OC(COC(=O)CCCCCCCCCCCCCCCCCCCCCCCCCCCCCCCCCCCCCCCCCC)COP(=O)(O)OCC[N+](C)(C)C. The number of esters is 2. The molecule has 9 nitrogen and oxygen atoms in total. The summed E-state index contributed by atoms with van der Waals surface area (Å²) >= 11 is 0. The number of allylic oxidation sites excluding steroid dienone is 8. The first-order valence-corrected chi connectivity index (χ1v) is 39.4. The van der Waals surface area contributed by atoms with Crippen LogP contribution in [0.4, 0.5) is 0 Å². The van der Waals surface area contributed by atoms with Crippen molar-refractivity contribution in [2.45, 2.75) is 386 Å². The van der Waals surface area contributed by atoms with Crippen LogP contribution in [0.1, 0.15) is 380 Å². The van der Waals surface area contributed by atoms with Crippen molar-refractivity contribution in [3.63, 3.8) is 0 Å². The van der Waals surface area contributed by atoms with E-state index in [0.717, 1.165) is 70.6 Å². The molecule has 0 aliphatic heterocycles. The Morgan fingerprint density at radius 3 is 0.977 bits per heavy atom. The van der Waals surface area contributed by atoms with E-state index < -0.39 is 26.5 Å². The lowest BCUT2D eigenvalue weighted by atomic mass is 10.0. The molecule has 0 bridgehead atoms. The lowest BCUT2D eigenvalue weighted by Gasteiger charge is -2.24. The number of carbonyl (C=O) groups is 2. The first-order valence-electron chi connectivity index (χ1n) is 37.9. The van der Waals surface area contributed by atoms with Crippen molar-refractivity contribution in [2.24, 2.45) is 0 Å². The normalized spacial score (nSPS) is 13.3. The van der Waals surface area contributed by atoms with Crippen LogP contribution in [0.25, 0.3) is 0 Å². The van der Waals surface area contributed by atoms with Crippen LogP contribution in [0.2, 0.25) is 0 Å². The van der Waals surface area contributed by atoms with E-state index >= 15 is 0 Å². The molecule has 0 rings (SSSR count). The van der Waals surface area contributed by atoms with Crippen LogP contribution in [-0.2, 0) is 32.7 Å². The van der Waals surface area contributed by atoms with Gasteiger partial charge in [-0.05, 0) is 51.4 Å². The van der Waals surface area contributed by atoms with Gasteiger partial charge in [0.1, 0.15) is 19.8 Å². The second kappa shape index (κ2) is 68.3. The predicted octanol–water partition coefficient (Wildman–Crippen LogP) is 24.8. The molecule has 0 amide bonds. The molecule has 0 radical (unpaired) electrons. The zero-order valence-electron chi connectivity index (χ0n) is 58.5. The molecule has 10 heteroatoms. The minimum atomic E-state index is -4.39. The zero-order valence-corrected chi connectivity index (χ0v) is 59.4. The van der Waals surface area contributed by atoms with Gasteiger partial charge in [-0.1, -0.05) is 364 Å². The van der Waals surface area contributed by atoms with Crippen LogP contribution in [0, 0.1) is 0 Å². The van der Waals surface area contributed by atoms with E-state index in [0.29, 0.717) is 23.9 Å². The molecule has 512 valence electrons. The smallest absolute Gasteiger partial charge is 0.462 e. The fraction of sp³-hybridized carbons (Fsp3) is 0.870. The van der Waals surface area contributed by atoms with Crippen LogP contribution < -0.4 is 0 Å². The molecular formula is C77H147NO8P+. The fourth-order valence-corrected chi connectivity index (χ4v) is 12.1. The molecule has 0 aromatic carbocycles. The van der Waals surface area contributed by atoms with E-state index in [1.54, 1.807) is 0 Å². The van der Waals surface area contributed by atoms with Crippen LogP contribution in [0.5, 0.6) is 0 Å². The number of nitrogens with zero attached hydrogens (tertiary/aromatic N) is 1. The Bertz CT molecular complexity index is 1610. The van der Waals surface area contributed by atoms with Gasteiger partial charge in [-0.15, -0.1) is 0 Å². The first kappa shape index (κ1) is 85.0. The number of phosphoric ester groups is 1. The Morgan fingerprint density at radius 1 is 0.368 bits per heavy atom. The summed E-state index contributed by atoms with van der Waals surface area (Å²) in [6.45, 7) is 4.38. The summed E-state index contributed by atoms with van der Waals surface area (Å²) < 4.78 is 34.7. The topological polar surface area (TPSA) is 108 Å². The Balaban J connectivity index is 3.88. The van der Waals surface area contributed by atoms with Crippen LogP contribution in [0.15, 0.2) is 48.6 Å². The average molecular weight is 1250 g/mol. The third kappa shape index (κ3) is 72.9. The van der Waals surface area contributed by atoms with Crippen molar-refractivity contribution in [1.29, 1.82) is 0 Å². The van der Waals surface area contributed by atoms with E-state index in [-0.39, 0.29) is 25.6 Å². The molecule has 0 fully saturated rings. The molecule has 0 saturated carbocycles. The van der Waals surface area contributed by atoms with Gasteiger partial charge in [0, 0.05) is 12.8 Å². The van der Waals surface area contributed by atoms with Crippen LogP contribution in [-0.4, -0.2) is 74.9 Å². The summed E-state index contributed by atoms with van der Waals surface area (Å²) in [6, 6.07) is 0. The molecule has 0 aliphatic carbocycles. The lowest BCUT2D eigenvalue weighted by Crippen LogP contribution is -2.37. The highest BCUT2D eigenvalue weighted by Gasteiger charge is 2.27. The van der Waals surface area contributed by atoms with Crippen molar-refractivity contribution < 1.29 is 42.1 Å². The minimum absolute atomic E-state index is 0.0315. The third-order valence-electron chi connectivity index (χ3n) is 17.1. The first-order chi connectivity index (χ1) is 42.5. The summed E-state index contributed by atoms with van der Waals surface area (Å²) in [5, 5.41) is 0. The molecule has 2 unspecified atom stereocenters. The Hall–Kier alpha value is -2.03. The van der Waals surface area contributed by atoms with Gasteiger partial charge in [-0.25, -0.2) is 4.57 Å². The Morgan fingerprint density at radius 2 is 0.655 bits per heavy atom. The van der Waals surface area contributed by atoms with Gasteiger partial charge in [-0.2, -0.15) is 0 Å². The fourth-order valence-electron chi connectivity index (χ4n) is 11.4. The van der Waals surface area contributed by atoms with Gasteiger partial charge >= 0.3 is 19.8 Å². The summed E-state index contributed by atoms with van der Waals surface area (Å²) in [6.07, 6.45) is 89.8. The molecule has 1 N–H and O–H groups in total. The molecule has 0 spiro atoms. The molecule has 87 heavy (non-hydrogen) atoms. The van der Waals surface area contributed by atoms with Gasteiger partial charge in [0.15, 0.2) is 6.10 Å². The molecule has 2 atom stereocenters. The number of likely N-dealkylation sites (N-methyl/N-ethyl adjacent to an activating group) is 1. The van der Waals surface area contributed by atoms with Crippen molar-refractivity contribution in [3.8, 4) is 0 Å². The van der Waals surface area contributed by atoms with Crippen molar-refractivity contribution >= 4 is 19.8 Å². The van der Waals surface area contributed by atoms with E-state index in [1.165, 1.54) is 276 Å². The van der Waals surface area contributed by atoms with Gasteiger partial charge in [0.05, 0.1) is 27.7 Å². The predicted molar refractivity (Wildman–Crippen MR) is 377 cm³/mol. The second-order valence-electron chi connectivity index (χ2n) is 27.0. The quantitative estimate of drug-likeness (QED) is 0.0211. The summed E-state index contributed by atoms with van der Waals surface area (Å²) in [5.74, 6) is -0.785. The van der Waals surface area contributed by atoms with E-state index in [1.807, 2.05) is 21.1 Å². The van der Waals surface area contributed by atoms with Gasteiger partial charge in [-0.3, -0.25) is 18.6 Å². The van der Waals surface area contributed by atoms with E-state index in [2.05, 4.69) is 62.5 Å². The molecule has 0 heterocycles. The lowest BCUT2D eigenvalue weighted by molar-refractivity contribution is -0.870. The maximum atomic E-state index is 12.9. The number of hydrogen-bond acceptors (Lipinski definition) is 7.